The van der Waals surface area contributed by atoms with Crippen molar-refractivity contribution in [2.45, 2.75) is 10.8 Å². The van der Waals surface area contributed by atoms with Gasteiger partial charge < -0.3 is 4.74 Å². The zero-order valence-electron chi connectivity index (χ0n) is 12.1. The number of thioether (sulfide) groups is 1. The predicted octanol–water partition coefficient (Wildman–Crippen LogP) is 5.92. The number of halogens is 2. The number of pyridine rings is 1. The molecule has 0 radical (unpaired) electrons. The van der Waals surface area contributed by atoms with E-state index in [2.05, 4.69) is 26.3 Å². The molecule has 3 aromatic rings. The average molecular weight is 428 g/mol. The molecule has 23 heavy (non-hydrogen) atoms. The van der Waals surface area contributed by atoms with Crippen molar-refractivity contribution in [3.05, 3.63) is 57.1 Å². The van der Waals surface area contributed by atoms with Gasteiger partial charge in [-0.25, -0.2) is 9.97 Å². The minimum absolute atomic E-state index is 0.668. The van der Waals surface area contributed by atoms with E-state index in [0.717, 1.165) is 37.3 Å². The molecule has 3 rings (SSSR count). The van der Waals surface area contributed by atoms with Crippen LogP contribution in [0.15, 0.2) is 51.4 Å². The number of rotatable bonds is 5. The first-order valence-electron chi connectivity index (χ1n) is 6.69. The summed E-state index contributed by atoms with van der Waals surface area (Å²) in [7, 11) is 1.67. The number of hydrogen-bond donors (Lipinski definition) is 0. The summed E-state index contributed by atoms with van der Waals surface area (Å²) in [6, 6.07) is 9.57. The van der Waals surface area contributed by atoms with Crippen LogP contribution in [-0.4, -0.2) is 17.1 Å². The van der Waals surface area contributed by atoms with Gasteiger partial charge in [0.15, 0.2) is 0 Å². The van der Waals surface area contributed by atoms with Gasteiger partial charge >= 0.3 is 0 Å². The standard InChI is InChI=1S/C16H12BrClN2OS2/c1-21-14-5-4-10(17)7-12(14)15-20-11(8-22-15)9-23-16-13(18)3-2-6-19-16/h2-8H,9H2,1H3. The highest BCUT2D eigenvalue weighted by molar-refractivity contribution is 9.10. The third-order valence-corrected chi connectivity index (χ3v) is 5.90. The Morgan fingerprint density at radius 3 is 3.00 bits per heavy atom. The van der Waals surface area contributed by atoms with Gasteiger partial charge in [0, 0.05) is 21.8 Å². The largest absolute Gasteiger partial charge is 0.496 e. The van der Waals surface area contributed by atoms with Crippen LogP contribution < -0.4 is 4.74 Å². The molecule has 1 aromatic carbocycles. The van der Waals surface area contributed by atoms with Gasteiger partial charge in [0.25, 0.3) is 0 Å². The average Bonchev–Trinajstić information content (AvgIpc) is 3.03. The Morgan fingerprint density at radius 2 is 2.22 bits per heavy atom. The molecule has 3 nitrogen and oxygen atoms in total. The molecule has 0 aliphatic carbocycles. The molecular formula is C16H12BrClN2OS2. The van der Waals surface area contributed by atoms with Crippen molar-refractivity contribution in [2.75, 3.05) is 7.11 Å². The molecule has 0 bridgehead atoms. The first-order chi connectivity index (χ1) is 11.2. The Bertz CT molecular complexity index is 825. The lowest BCUT2D eigenvalue weighted by atomic mass is 10.2. The fourth-order valence-corrected chi connectivity index (χ4v) is 4.33. The van der Waals surface area contributed by atoms with Crippen molar-refractivity contribution in [3.63, 3.8) is 0 Å². The number of methoxy groups -OCH3 is 1. The van der Waals surface area contributed by atoms with Gasteiger partial charge in [-0.15, -0.1) is 11.3 Å². The van der Waals surface area contributed by atoms with Gasteiger partial charge in [-0.05, 0) is 30.3 Å². The minimum Gasteiger partial charge on any atom is -0.496 e. The van der Waals surface area contributed by atoms with E-state index in [-0.39, 0.29) is 0 Å². The van der Waals surface area contributed by atoms with Crippen LogP contribution >= 0.6 is 50.6 Å². The minimum atomic E-state index is 0.668. The van der Waals surface area contributed by atoms with Crippen molar-refractivity contribution in [1.29, 1.82) is 0 Å². The molecule has 0 fully saturated rings. The van der Waals surface area contributed by atoms with Crippen molar-refractivity contribution < 1.29 is 4.74 Å². The summed E-state index contributed by atoms with van der Waals surface area (Å²) in [5.41, 5.74) is 1.98. The number of hydrogen-bond acceptors (Lipinski definition) is 5. The lowest BCUT2D eigenvalue weighted by Gasteiger charge is -2.06. The monoisotopic (exact) mass is 426 g/mol. The summed E-state index contributed by atoms with van der Waals surface area (Å²) in [4.78, 5) is 8.98. The second-order valence-electron chi connectivity index (χ2n) is 4.57. The lowest BCUT2D eigenvalue weighted by molar-refractivity contribution is 0.416. The highest BCUT2D eigenvalue weighted by Crippen LogP contribution is 2.35. The summed E-state index contributed by atoms with van der Waals surface area (Å²) >= 11 is 12.8. The number of benzene rings is 1. The Hall–Kier alpha value is -1.08. The zero-order chi connectivity index (χ0) is 16.2. The second-order valence-corrected chi connectivity index (χ2v) is 7.71. The van der Waals surface area contributed by atoms with E-state index in [0.29, 0.717) is 5.02 Å². The molecular weight excluding hydrogens is 416 g/mol. The third kappa shape index (κ3) is 4.07. The van der Waals surface area contributed by atoms with Crippen LogP contribution in [-0.2, 0) is 5.75 Å². The molecule has 0 saturated carbocycles. The summed E-state index contributed by atoms with van der Waals surface area (Å²) in [5, 5.41) is 4.48. The highest BCUT2D eigenvalue weighted by Gasteiger charge is 2.12. The fourth-order valence-electron chi connectivity index (χ4n) is 1.96. The normalized spacial score (nSPS) is 10.7. The van der Waals surface area contributed by atoms with E-state index < -0.39 is 0 Å². The van der Waals surface area contributed by atoms with E-state index in [1.165, 1.54) is 0 Å². The summed E-state index contributed by atoms with van der Waals surface area (Å²) in [6.45, 7) is 0. The van der Waals surface area contributed by atoms with Gasteiger partial charge in [0.1, 0.15) is 15.8 Å². The first kappa shape index (κ1) is 16.8. The van der Waals surface area contributed by atoms with E-state index >= 15 is 0 Å². The summed E-state index contributed by atoms with van der Waals surface area (Å²) in [5.74, 6) is 1.54. The lowest BCUT2D eigenvalue weighted by Crippen LogP contribution is -1.88. The van der Waals surface area contributed by atoms with Crippen LogP contribution in [0.25, 0.3) is 10.6 Å². The van der Waals surface area contributed by atoms with E-state index in [1.54, 1.807) is 36.4 Å². The molecule has 0 amide bonds. The van der Waals surface area contributed by atoms with Gasteiger partial charge in [-0.3, -0.25) is 0 Å². The van der Waals surface area contributed by atoms with Crippen molar-refractivity contribution >= 4 is 50.6 Å². The van der Waals surface area contributed by atoms with Crippen LogP contribution in [0, 0.1) is 0 Å². The maximum absolute atomic E-state index is 6.13. The van der Waals surface area contributed by atoms with Crippen LogP contribution in [0.2, 0.25) is 5.02 Å². The Kier molecular flexibility index (Phi) is 5.58. The van der Waals surface area contributed by atoms with E-state index in [1.807, 2.05) is 30.3 Å². The summed E-state index contributed by atoms with van der Waals surface area (Å²) in [6.07, 6.45) is 1.74. The topological polar surface area (TPSA) is 35.0 Å². The summed E-state index contributed by atoms with van der Waals surface area (Å²) < 4.78 is 6.42. The van der Waals surface area contributed by atoms with Gasteiger partial charge in [0.05, 0.1) is 23.4 Å². The molecule has 0 spiro atoms. The van der Waals surface area contributed by atoms with Gasteiger partial charge in [-0.2, -0.15) is 0 Å². The Morgan fingerprint density at radius 1 is 1.35 bits per heavy atom. The number of nitrogens with zero attached hydrogens (tertiary/aromatic N) is 2. The molecule has 0 saturated heterocycles. The highest BCUT2D eigenvalue weighted by atomic mass is 79.9. The van der Waals surface area contributed by atoms with Crippen LogP contribution in [0.1, 0.15) is 5.69 Å². The molecule has 118 valence electrons. The maximum atomic E-state index is 6.13. The Labute approximate surface area is 156 Å². The van der Waals surface area contributed by atoms with Gasteiger partial charge in [-0.1, -0.05) is 39.3 Å². The molecule has 0 aliphatic heterocycles. The smallest absolute Gasteiger partial charge is 0.129 e. The molecule has 0 aliphatic rings. The van der Waals surface area contributed by atoms with E-state index in [9.17, 15) is 0 Å². The predicted molar refractivity (Wildman–Crippen MR) is 101 cm³/mol. The number of aromatic nitrogens is 2. The molecule has 2 heterocycles. The van der Waals surface area contributed by atoms with Crippen molar-refractivity contribution in [2.24, 2.45) is 0 Å². The molecule has 0 atom stereocenters. The molecule has 0 N–H and O–H groups in total. The van der Waals surface area contributed by atoms with Crippen LogP contribution in [0.3, 0.4) is 0 Å². The molecule has 2 aromatic heterocycles. The third-order valence-electron chi connectivity index (χ3n) is 3.03. The van der Waals surface area contributed by atoms with Crippen molar-refractivity contribution in [3.8, 4) is 16.3 Å². The number of ether oxygens (including phenoxy) is 1. The zero-order valence-corrected chi connectivity index (χ0v) is 16.1. The SMILES string of the molecule is COc1ccc(Br)cc1-c1nc(CSc2ncccc2Cl)cs1. The van der Waals surface area contributed by atoms with Crippen LogP contribution in [0.4, 0.5) is 0 Å². The first-order valence-corrected chi connectivity index (χ1v) is 9.72. The fraction of sp³-hybridized carbons (Fsp3) is 0.125. The Balaban J connectivity index is 1.79. The maximum Gasteiger partial charge on any atom is 0.129 e. The quantitative estimate of drug-likeness (QED) is 0.473. The van der Waals surface area contributed by atoms with Crippen LogP contribution in [0.5, 0.6) is 5.75 Å². The second kappa shape index (κ2) is 7.66. The van der Waals surface area contributed by atoms with Gasteiger partial charge in [0.2, 0.25) is 0 Å². The van der Waals surface area contributed by atoms with E-state index in [4.69, 9.17) is 21.3 Å². The van der Waals surface area contributed by atoms with Crippen molar-refractivity contribution in [1.82, 2.24) is 9.97 Å². The molecule has 7 heteroatoms. The molecule has 0 unspecified atom stereocenters. The number of thiazole rings is 1.